The summed E-state index contributed by atoms with van der Waals surface area (Å²) in [7, 11) is 0. The van der Waals surface area contributed by atoms with Gasteiger partial charge in [-0.05, 0) is 67.1 Å². The smallest absolute Gasteiger partial charge is 0.255 e. The second-order valence-electron chi connectivity index (χ2n) is 10.5. The van der Waals surface area contributed by atoms with Crippen LogP contribution in [0.15, 0.2) is 55.1 Å². The summed E-state index contributed by atoms with van der Waals surface area (Å²) in [5, 5.41) is 6.47. The van der Waals surface area contributed by atoms with Gasteiger partial charge in [-0.3, -0.25) is 24.5 Å². The Labute approximate surface area is 231 Å². The third-order valence-corrected chi connectivity index (χ3v) is 7.81. The summed E-state index contributed by atoms with van der Waals surface area (Å²) in [5.41, 5.74) is 2.93. The summed E-state index contributed by atoms with van der Waals surface area (Å²) < 4.78 is 7.88. The fraction of sp³-hybridized carbons (Fsp3) is 0.379. The second-order valence-corrected chi connectivity index (χ2v) is 10.5. The molecule has 4 heterocycles. The third-order valence-electron chi connectivity index (χ3n) is 7.81. The number of hydrogen-bond acceptors (Lipinski definition) is 7. The number of aromatic nitrogens is 3. The zero-order chi connectivity index (χ0) is 27.6. The van der Waals surface area contributed by atoms with Gasteiger partial charge in [-0.25, -0.2) is 9.67 Å². The van der Waals surface area contributed by atoms with Crippen LogP contribution < -0.4 is 10.1 Å². The van der Waals surface area contributed by atoms with Gasteiger partial charge in [-0.2, -0.15) is 5.10 Å². The van der Waals surface area contributed by atoms with Gasteiger partial charge in [0, 0.05) is 30.6 Å². The maximum absolute atomic E-state index is 13.5. The van der Waals surface area contributed by atoms with Crippen LogP contribution in [0.5, 0.6) is 5.75 Å². The number of piperidine rings is 2. The molecule has 0 aliphatic carbocycles. The number of carbonyl (C=O) groups excluding carboxylic acids is 4. The minimum Gasteiger partial charge on any atom is -0.491 e. The fourth-order valence-corrected chi connectivity index (χ4v) is 5.74. The van der Waals surface area contributed by atoms with Crippen LogP contribution in [0, 0.1) is 0 Å². The Kier molecular flexibility index (Phi) is 7.02. The van der Waals surface area contributed by atoms with Crippen LogP contribution >= 0.6 is 0 Å². The first-order valence-corrected chi connectivity index (χ1v) is 13.6. The van der Waals surface area contributed by atoms with Crippen molar-refractivity contribution in [2.24, 2.45) is 0 Å². The Morgan fingerprint density at radius 3 is 2.80 bits per heavy atom. The predicted octanol–water partition coefficient (Wildman–Crippen LogP) is 2.16. The molecule has 4 amide bonds. The van der Waals surface area contributed by atoms with Gasteiger partial charge in [0.2, 0.25) is 11.8 Å². The highest BCUT2D eigenvalue weighted by atomic mass is 16.5. The average Bonchev–Trinajstić information content (AvgIpc) is 3.59. The van der Waals surface area contributed by atoms with Crippen molar-refractivity contribution < 1.29 is 23.9 Å². The Bertz CT molecular complexity index is 1450. The van der Waals surface area contributed by atoms with Gasteiger partial charge in [0.25, 0.3) is 11.8 Å². The molecule has 11 nitrogen and oxygen atoms in total. The number of imide groups is 1. The maximum atomic E-state index is 13.5. The molecule has 0 saturated carbocycles. The number of nitrogens with zero attached hydrogens (tertiary/aromatic N) is 5. The minimum absolute atomic E-state index is 0.0202. The summed E-state index contributed by atoms with van der Waals surface area (Å²) in [6.07, 6.45) is 6.48. The summed E-state index contributed by atoms with van der Waals surface area (Å²) in [5.74, 6) is -0.362. The molecule has 2 atom stereocenters. The summed E-state index contributed by atoms with van der Waals surface area (Å²) >= 11 is 0. The molecule has 11 heteroatoms. The van der Waals surface area contributed by atoms with Crippen LogP contribution in [0.4, 0.5) is 0 Å². The van der Waals surface area contributed by atoms with E-state index in [0.717, 1.165) is 30.4 Å². The van der Waals surface area contributed by atoms with Gasteiger partial charge in [0.05, 0.1) is 12.6 Å². The predicted molar refractivity (Wildman–Crippen MR) is 142 cm³/mol. The monoisotopic (exact) mass is 542 g/mol. The fourth-order valence-electron chi connectivity index (χ4n) is 5.74. The molecule has 2 fully saturated rings. The van der Waals surface area contributed by atoms with E-state index in [-0.39, 0.29) is 36.7 Å². The highest BCUT2D eigenvalue weighted by Crippen LogP contribution is 2.31. The number of nitrogens with one attached hydrogen (secondary N) is 1. The van der Waals surface area contributed by atoms with Crippen molar-refractivity contribution in [1.82, 2.24) is 29.9 Å². The van der Waals surface area contributed by atoms with Crippen molar-refractivity contribution in [1.29, 1.82) is 0 Å². The van der Waals surface area contributed by atoms with E-state index in [4.69, 9.17) is 4.74 Å². The molecule has 1 unspecified atom stereocenters. The number of rotatable bonds is 7. The van der Waals surface area contributed by atoms with Crippen molar-refractivity contribution in [2.45, 2.75) is 57.3 Å². The third kappa shape index (κ3) is 5.18. The largest absolute Gasteiger partial charge is 0.491 e. The SMILES string of the molecule is O=C1CCC(N2Cc3cc(OC[C@@H]4CCCCN4C(=O)c4cccc(Cn5cncn5)c4)ccc3C2=O)C(=O)N1. The van der Waals surface area contributed by atoms with Crippen molar-refractivity contribution in [3.05, 3.63) is 77.4 Å². The molecule has 3 aliphatic rings. The van der Waals surface area contributed by atoms with Gasteiger partial charge in [0.1, 0.15) is 31.1 Å². The Balaban J connectivity index is 1.11. The Morgan fingerprint density at radius 1 is 1.07 bits per heavy atom. The van der Waals surface area contributed by atoms with Crippen LogP contribution in [0.25, 0.3) is 0 Å². The lowest BCUT2D eigenvalue weighted by molar-refractivity contribution is -0.136. The van der Waals surface area contributed by atoms with Gasteiger partial charge in [-0.1, -0.05) is 12.1 Å². The number of carbonyl (C=O) groups is 4. The van der Waals surface area contributed by atoms with Crippen LogP contribution in [0.3, 0.4) is 0 Å². The summed E-state index contributed by atoms with van der Waals surface area (Å²) in [4.78, 5) is 57.7. The number of ether oxygens (including phenoxy) is 1. The normalized spacial score (nSPS) is 20.9. The molecule has 3 aromatic rings. The second kappa shape index (κ2) is 10.9. The number of hydrogen-bond donors (Lipinski definition) is 1. The van der Waals surface area contributed by atoms with Gasteiger partial charge in [0.15, 0.2) is 0 Å². The molecule has 2 aromatic carbocycles. The molecule has 1 aromatic heterocycles. The van der Waals surface area contributed by atoms with E-state index >= 15 is 0 Å². The van der Waals surface area contributed by atoms with E-state index in [1.54, 1.807) is 23.1 Å². The number of likely N-dealkylation sites (tertiary alicyclic amines) is 1. The van der Waals surface area contributed by atoms with E-state index in [0.29, 0.717) is 43.0 Å². The molecule has 40 heavy (non-hydrogen) atoms. The molecule has 6 rings (SSSR count). The lowest BCUT2D eigenvalue weighted by Gasteiger charge is -2.35. The lowest BCUT2D eigenvalue weighted by atomic mass is 10.0. The highest BCUT2D eigenvalue weighted by Gasteiger charge is 2.39. The van der Waals surface area contributed by atoms with E-state index < -0.39 is 11.9 Å². The molecular formula is C29H30N6O5. The molecule has 0 radical (unpaired) electrons. The maximum Gasteiger partial charge on any atom is 0.255 e. The van der Waals surface area contributed by atoms with Crippen LogP contribution in [0.2, 0.25) is 0 Å². The zero-order valence-electron chi connectivity index (χ0n) is 22.0. The van der Waals surface area contributed by atoms with Crippen molar-refractivity contribution >= 4 is 23.6 Å². The Hall–Kier alpha value is -4.54. The first-order valence-electron chi connectivity index (χ1n) is 13.6. The first-order chi connectivity index (χ1) is 19.5. The van der Waals surface area contributed by atoms with Gasteiger partial charge < -0.3 is 14.5 Å². The van der Waals surface area contributed by atoms with Crippen LogP contribution in [-0.4, -0.2) is 73.4 Å². The molecule has 1 N–H and O–H groups in total. The van der Waals surface area contributed by atoms with E-state index in [1.807, 2.05) is 35.2 Å². The molecule has 2 saturated heterocycles. The minimum atomic E-state index is -0.654. The lowest BCUT2D eigenvalue weighted by Crippen LogP contribution is -2.52. The number of amides is 4. The summed E-state index contributed by atoms with van der Waals surface area (Å²) in [6.45, 7) is 1.83. The van der Waals surface area contributed by atoms with Crippen LogP contribution in [-0.2, 0) is 22.7 Å². The average molecular weight is 543 g/mol. The van der Waals surface area contributed by atoms with Gasteiger partial charge in [-0.15, -0.1) is 0 Å². The standard InChI is InChI=1S/C29H30N6O5/c36-26-10-9-25(27(37)32-26)35-15-21-13-23(7-8-24(21)29(35)39)40-16-22-6-1-2-11-34(22)28(38)20-5-3-4-19(12-20)14-33-18-30-17-31-33/h3-5,7-8,12-13,17-18,22,25H,1-2,6,9-11,14-16H2,(H,32,36,37)/t22-,25?/m0/s1. The van der Waals surface area contributed by atoms with Crippen LogP contribution in [0.1, 0.15) is 63.9 Å². The van der Waals surface area contributed by atoms with Crippen molar-refractivity contribution in [2.75, 3.05) is 13.2 Å². The van der Waals surface area contributed by atoms with Crippen molar-refractivity contribution in [3.8, 4) is 5.75 Å². The van der Waals surface area contributed by atoms with Crippen molar-refractivity contribution in [3.63, 3.8) is 0 Å². The zero-order valence-corrected chi connectivity index (χ0v) is 22.0. The topological polar surface area (TPSA) is 127 Å². The van der Waals surface area contributed by atoms with E-state index in [2.05, 4.69) is 15.4 Å². The quantitative estimate of drug-likeness (QED) is 0.454. The van der Waals surface area contributed by atoms with E-state index in [1.165, 1.54) is 11.2 Å². The number of benzene rings is 2. The highest BCUT2D eigenvalue weighted by molar-refractivity contribution is 6.05. The van der Waals surface area contributed by atoms with Gasteiger partial charge >= 0.3 is 0 Å². The molecule has 0 spiro atoms. The Morgan fingerprint density at radius 2 is 1.98 bits per heavy atom. The van der Waals surface area contributed by atoms with E-state index in [9.17, 15) is 19.2 Å². The number of fused-ring (bicyclic) bond motifs is 1. The first kappa shape index (κ1) is 25.7. The molecule has 3 aliphatic heterocycles. The summed E-state index contributed by atoms with van der Waals surface area (Å²) in [6, 6.07) is 12.2. The molecule has 206 valence electrons. The molecule has 0 bridgehead atoms. The molecular weight excluding hydrogens is 512 g/mol.